The molecule has 0 bridgehead atoms. The summed E-state index contributed by atoms with van der Waals surface area (Å²) in [6.07, 6.45) is 1.87. The van der Waals surface area contributed by atoms with Crippen molar-refractivity contribution in [3.05, 3.63) is 62.5 Å². The minimum atomic E-state index is -1.02. The molecule has 0 radical (unpaired) electrons. The molecule has 1 atom stereocenters. The highest BCUT2D eigenvalue weighted by Gasteiger charge is 2.54. The molecule has 154 valence electrons. The number of nitrogens with zero attached hydrogens (tertiary/aromatic N) is 2. The number of benzene rings is 2. The molecule has 0 saturated carbocycles. The molecule has 0 unspecified atom stereocenters. The number of carbonyl (C=O) groups is 2. The van der Waals surface area contributed by atoms with Crippen molar-refractivity contribution in [2.45, 2.75) is 31.7 Å². The van der Waals surface area contributed by atoms with Crippen LogP contribution in [0.4, 0.5) is 10.5 Å². The third-order valence-corrected chi connectivity index (χ3v) is 6.25. The van der Waals surface area contributed by atoms with Crippen LogP contribution < -0.4 is 4.90 Å². The van der Waals surface area contributed by atoms with Gasteiger partial charge in [0, 0.05) is 33.4 Å². The zero-order valence-electron chi connectivity index (χ0n) is 15.8. The maximum atomic E-state index is 13.5. The second-order valence-corrected chi connectivity index (χ2v) is 9.34. The summed E-state index contributed by atoms with van der Waals surface area (Å²) in [4.78, 5) is 29.6. The van der Waals surface area contributed by atoms with Crippen molar-refractivity contribution in [1.82, 2.24) is 4.90 Å². The van der Waals surface area contributed by atoms with Crippen molar-refractivity contribution >= 4 is 68.4 Å². The normalized spacial score (nSPS) is 19.3. The second kappa shape index (κ2) is 9.25. The molecule has 1 saturated heterocycles. The molecule has 1 aliphatic rings. The van der Waals surface area contributed by atoms with Gasteiger partial charge in [0.15, 0.2) is 0 Å². The lowest BCUT2D eigenvalue weighted by Gasteiger charge is -2.32. The number of hydrogen-bond donors (Lipinski definition) is 0. The van der Waals surface area contributed by atoms with E-state index in [2.05, 4.69) is 15.9 Å². The van der Waals surface area contributed by atoms with Gasteiger partial charge in [0.25, 0.3) is 5.91 Å². The van der Waals surface area contributed by atoms with Crippen LogP contribution >= 0.6 is 50.7 Å². The van der Waals surface area contributed by atoms with Gasteiger partial charge in [-0.1, -0.05) is 51.3 Å². The fraction of sp³-hybridized carbons (Fsp3) is 0.333. The molecule has 29 heavy (non-hydrogen) atoms. The maximum Gasteiger partial charge on any atom is 0.332 e. The third kappa shape index (κ3) is 4.74. The van der Waals surface area contributed by atoms with E-state index in [9.17, 15) is 9.59 Å². The number of hydrogen-bond acceptors (Lipinski definition) is 2. The van der Waals surface area contributed by atoms with Gasteiger partial charge in [-0.15, -0.1) is 11.6 Å². The molecule has 8 heteroatoms. The first-order valence-corrected chi connectivity index (χ1v) is 11.3. The molecular weight excluding hydrogens is 499 g/mol. The minimum absolute atomic E-state index is 0.297. The summed E-state index contributed by atoms with van der Waals surface area (Å²) in [5.74, 6) is 0.210. The fourth-order valence-electron chi connectivity index (χ4n) is 3.55. The largest absolute Gasteiger partial charge is 0.332 e. The number of amides is 3. The smallest absolute Gasteiger partial charge is 0.309 e. The van der Waals surface area contributed by atoms with Crippen molar-refractivity contribution < 1.29 is 9.59 Å². The van der Waals surface area contributed by atoms with Gasteiger partial charge in [-0.05, 0) is 55.7 Å². The van der Waals surface area contributed by atoms with E-state index in [4.69, 9.17) is 34.8 Å². The van der Waals surface area contributed by atoms with Crippen molar-refractivity contribution in [2.24, 2.45) is 0 Å². The van der Waals surface area contributed by atoms with Crippen molar-refractivity contribution in [3.8, 4) is 0 Å². The Kier molecular flexibility index (Phi) is 7.15. The molecule has 1 aliphatic heterocycles. The first kappa shape index (κ1) is 22.4. The van der Waals surface area contributed by atoms with Gasteiger partial charge in [0.2, 0.25) is 0 Å². The van der Waals surface area contributed by atoms with E-state index in [0.29, 0.717) is 41.0 Å². The molecule has 1 fully saturated rings. The van der Waals surface area contributed by atoms with E-state index in [0.717, 1.165) is 16.5 Å². The quantitative estimate of drug-likeness (QED) is 0.237. The van der Waals surface area contributed by atoms with E-state index in [1.165, 1.54) is 4.90 Å². The molecule has 4 nitrogen and oxygen atoms in total. The Morgan fingerprint density at radius 1 is 1.00 bits per heavy atom. The molecule has 2 aromatic carbocycles. The van der Waals surface area contributed by atoms with Crippen molar-refractivity contribution in [2.75, 3.05) is 17.3 Å². The van der Waals surface area contributed by atoms with Gasteiger partial charge in [0.05, 0.1) is 5.69 Å². The van der Waals surface area contributed by atoms with Gasteiger partial charge in [-0.2, -0.15) is 0 Å². The summed E-state index contributed by atoms with van der Waals surface area (Å²) in [6.45, 7) is 2.25. The summed E-state index contributed by atoms with van der Waals surface area (Å²) in [5.41, 5.74) is 0.316. The number of imide groups is 1. The summed E-state index contributed by atoms with van der Waals surface area (Å²) in [7, 11) is 0. The van der Waals surface area contributed by atoms with Gasteiger partial charge in [-0.3, -0.25) is 4.79 Å². The van der Waals surface area contributed by atoms with E-state index < -0.39 is 5.54 Å². The molecule has 3 amide bonds. The first-order chi connectivity index (χ1) is 13.8. The van der Waals surface area contributed by atoms with Gasteiger partial charge in [-0.25, -0.2) is 9.69 Å². The van der Waals surface area contributed by atoms with Gasteiger partial charge in [0.1, 0.15) is 5.54 Å². The van der Waals surface area contributed by atoms with Crippen LogP contribution in [0.1, 0.15) is 25.3 Å². The summed E-state index contributed by atoms with van der Waals surface area (Å²) < 4.78 is 0.953. The number of urea groups is 1. The van der Waals surface area contributed by atoms with Crippen LogP contribution in [0, 0.1) is 0 Å². The zero-order valence-corrected chi connectivity index (χ0v) is 19.7. The van der Waals surface area contributed by atoms with E-state index >= 15 is 0 Å². The maximum absolute atomic E-state index is 13.5. The number of alkyl halides is 1. The highest BCUT2D eigenvalue weighted by atomic mass is 79.9. The van der Waals surface area contributed by atoms with E-state index in [-0.39, 0.29) is 11.9 Å². The van der Waals surface area contributed by atoms with Crippen LogP contribution in [0.2, 0.25) is 10.0 Å². The van der Waals surface area contributed by atoms with Crippen LogP contribution in [-0.4, -0.2) is 34.8 Å². The molecule has 0 N–H and O–H groups in total. The predicted octanol–water partition coefficient (Wildman–Crippen LogP) is 6.54. The zero-order chi connectivity index (χ0) is 21.2. The fourth-order valence-corrected chi connectivity index (χ4v) is 4.52. The molecule has 0 spiro atoms. The highest BCUT2D eigenvalue weighted by molar-refractivity contribution is 9.10. The highest BCUT2D eigenvalue weighted by Crippen LogP contribution is 2.37. The lowest BCUT2D eigenvalue weighted by molar-refractivity contribution is -0.124. The molecule has 1 heterocycles. The number of rotatable bonds is 7. The average molecular weight is 519 g/mol. The topological polar surface area (TPSA) is 40.6 Å². The Morgan fingerprint density at radius 3 is 2.21 bits per heavy atom. The minimum Gasteiger partial charge on any atom is -0.309 e. The predicted molar refractivity (Wildman–Crippen MR) is 122 cm³/mol. The van der Waals surface area contributed by atoms with Gasteiger partial charge < -0.3 is 4.90 Å². The van der Waals surface area contributed by atoms with Crippen LogP contribution in [0.15, 0.2) is 46.9 Å². The molecule has 0 aromatic heterocycles. The van der Waals surface area contributed by atoms with Crippen molar-refractivity contribution in [3.63, 3.8) is 0 Å². The molecular formula is C21H20BrCl3N2O2. The Morgan fingerprint density at radius 2 is 1.62 bits per heavy atom. The lowest BCUT2D eigenvalue weighted by Crippen LogP contribution is -2.49. The summed E-state index contributed by atoms with van der Waals surface area (Å²) in [6, 6.07) is 12.1. The monoisotopic (exact) mass is 516 g/mol. The van der Waals surface area contributed by atoms with Crippen LogP contribution in [0.5, 0.6) is 0 Å². The Hall–Kier alpha value is -1.27. The Balaban J connectivity index is 1.99. The SMILES string of the molecule is C[C@@]1(Cc2ccc(Br)cc2)C(=O)N(c2cc(Cl)cc(Cl)c2)C(=O)N1CCCCCl. The standard InChI is InChI=1S/C21H20BrCl3N2O2/c1-21(13-14-4-6-15(22)7-5-14)19(28)27(18-11-16(24)10-17(25)12-18)20(29)26(21)9-3-2-8-23/h4-7,10-12H,2-3,8-9,13H2,1H3/t21-/m1/s1. The van der Waals surface area contributed by atoms with Gasteiger partial charge >= 0.3 is 6.03 Å². The number of carbonyl (C=O) groups excluding carboxylic acids is 2. The molecule has 0 aliphatic carbocycles. The van der Waals surface area contributed by atoms with E-state index in [1.807, 2.05) is 31.2 Å². The lowest BCUT2D eigenvalue weighted by atomic mass is 9.91. The summed E-state index contributed by atoms with van der Waals surface area (Å²) >= 11 is 21.5. The molecule has 3 rings (SSSR count). The molecule has 2 aromatic rings. The number of halogens is 4. The average Bonchev–Trinajstić information content (AvgIpc) is 2.83. The number of unbranched alkanes of at least 4 members (excludes halogenated alkanes) is 1. The van der Waals surface area contributed by atoms with Crippen LogP contribution in [0.25, 0.3) is 0 Å². The van der Waals surface area contributed by atoms with Crippen molar-refractivity contribution in [1.29, 1.82) is 0 Å². The second-order valence-electron chi connectivity index (χ2n) is 7.18. The van der Waals surface area contributed by atoms with Crippen LogP contribution in [-0.2, 0) is 11.2 Å². The van der Waals surface area contributed by atoms with Crippen LogP contribution in [0.3, 0.4) is 0 Å². The van der Waals surface area contributed by atoms with E-state index in [1.54, 1.807) is 23.1 Å². The number of anilines is 1. The third-order valence-electron chi connectivity index (χ3n) is 5.01. The first-order valence-electron chi connectivity index (χ1n) is 9.19. The Bertz CT molecular complexity index is 902. The summed E-state index contributed by atoms with van der Waals surface area (Å²) in [5, 5.41) is 0.728. The Labute approximate surface area is 193 Å².